The summed E-state index contributed by atoms with van der Waals surface area (Å²) in [5.41, 5.74) is 3.49. The van der Waals surface area contributed by atoms with Crippen LogP contribution in [-0.4, -0.2) is 15.2 Å². The van der Waals surface area contributed by atoms with Crippen LogP contribution in [0.3, 0.4) is 0 Å². The maximum absolute atomic E-state index is 6.02. The lowest BCUT2D eigenvalue weighted by Gasteiger charge is -2.03. The molecule has 4 aromatic rings. The van der Waals surface area contributed by atoms with Crippen molar-refractivity contribution >= 4 is 22.5 Å². The highest BCUT2D eigenvalue weighted by molar-refractivity contribution is 6.30. The van der Waals surface area contributed by atoms with E-state index in [9.17, 15) is 0 Å². The van der Waals surface area contributed by atoms with Crippen LogP contribution in [0.25, 0.3) is 33.8 Å². The summed E-state index contributed by atoms with van der Waals surface area (Å²) in [5.74, 6) is 0.919. The van der Waals surface area contributed by atoms with Gasteiger partial charge in [0.2, 0.25) is 11.8 Å². The Labute approximate surface area is 137 Å². The van der Waals surface area contributed by atoms with Crippen LogP contribution in [0.4, 0.5) is 0 Å². The summed E-state index contributed by atoms with van der Waals surface area (Å²) in [5, 5.41) is 9.96. The van der Waals surface area contributed by atoms with Gasteiger partial charge in [0, 0.05) is 21.7 Å². The second-order valence-electron chi connectivity index (χ2n) is 5.25. The minimum atomic E-state index is 0.445. The number of aryl methyl sites for hydroxylation is 1. The molecule has 0 radical (unpaired) electrons. The number of para-hydroxylation sites is 1. The number of nitrogens with zero attached hydrogens (tertiary/aromatic N) is 3. The summed E-state index contributed by atoms with van der Waals surface area (Å²) in [6.07, 6.45) is 0. The van der Waals surface area contributed by atoms with Gasteiger partial charge in [0.15, 0.2) is 0 Å². The Kier molecular flexibility index (Phi) is 3.32. The first-order valence-electron chi connectivity index (χ1n) is 7.17. The Hall–Kier alpha value is -2.72. The van der Waals surface area contributed by atoms with Crippen LogP contribution in [-0.2, 0) is 0 Å². The van der Waals surface area contributed by atoms with Crippen molar-refractivity contribution < 1.29 is 4.42 Å². The van der Waals surface area contributed by atoms with E-state index in [2.05, 4.69) is 15.2 Å². The van der Waals surface area contributed by atoms with Crippen LogP contribution in [0.5, 0.6) is 0 Å². The highest BCUT2D eigenvalue weighted by Crippen LogP contribution is 2.30. The lowest BCUT2D eigenvalue weighted by atomic mass is 10.1. The fourth-order valence-electron chi connectivity index (χ4n) is 2.55. The van der Waals surface area contributed by atoms with Gasteiger partial charge in [-0.15, -0.1) is 10.2 Å². The Morgan fingerprint density at radius 3 is 2.61 bits per heavy atom. The number of hydrogen-bond donors (Lipinski definition) is 0. The minimum Gasteiger partial charge on any atom is -0.416 e. The maximum atomic E-state index is 6.02. The molecule has 0 N–H and O–H groups in total. The average molecular weight is 322 g/mol. The molecule has 0 aliphatic heterocycles. The summed E-state index contributed by atoms with van der Waals surface area (Å²) >= 11 is 6.02. The molecule has 0 saturated carbocycles. The number of rotatable bonds is 2. The molecule has 0 spiro atoms. The van der Waals surface area contributed by atoms with Gasteiger partial charge in [-0.25, -0.2) is 0 Å². The normalized spacial score (nSPS) is 11.0. The molecular weight excluding hydrogens is 310 g/mol. The second kappa shape index (κ2) is 5.48. The minimum absolute atomic E-state index is 0.445. The number of fused-ring (bicyclic) bond motifs is 1. The molecule has 0 fully saturated rings. The van der Waals surface area contributed by atoms with Crippen molar-refractivity contribution in [2.45, 2.75) is 6.92 Å². The van der Waals surface area contributed by atoms with Crippen LogP contribution in [0.15, 0.2) is 59.0 Å². The van der Waals surface area contributed by atoms with Crippen molar-refractivity contribution in [1.82, 2.24) is 15.2 Å². The first-order valence-corrected chi connectivity index (χ1v) is 7.55. The Balaban J connectivity index is 1.87. The van der Waals surface area contributed by atoms with Gasteiger partial charge in [0.05, 0.1) is 11.1 Å². The summed E-state index contributed by atoms with van der Waals surface area (Å²) < 4.78 is 5.87. The molecule has 5 heteroatoms. The van der Waals surface area contributed by atoms with E-state index in [1.54, 1.807) is 6.07 Å². The lowest BCUT2D eigenvalue weighted by molar-refractivity contribution is 0.585. The molecular formula is C18H12ClN3O. The molecule has 0 unspecified atom stereocenters. The summed E-state index contributed by atoms with van der Waals surface area (Å²) in [6, 6.07) is 17.2. The third-order valence-electron chi connectivity index (χ3n) is 3.57. The molecule has 2 aromatic heterocycles. The first-order chi connectivity index (χ1) is 11.2. The summed E-state index contributed by atoms with van der Waals surface area (Å²) in [6.45, 7) is 1.95. The van der Waals surface area contributed by atoms with Crippen molar-refractivity contribution in [2.24, 2.45) is 0 Å². The number of halogens is 1. The third kappa shape index (κ3) is 2.58. The fraction of sp³-hybridized carbons (Fsp3) is 0.0556. The number of benzene rings is 2. The van der Waals surface area contributed by atoms with E-state index in [-0.39, 0.29) is 0 Å². The van der Waals surface area contributed by atoms with E-state index >= 15 is 0 Å². The average Bonchev–Trinajstić information content (AvgIpc) is 3.04. The van der Waals surface area contributed by atoms with Crippen molar-refractivity contribution in [3.8, 4) is 22.9 Å². The van der Waals surface area contributed by atoms with Gasteiger partial charge in [-0.1, -0.05) is 35.9 Å². The number of hydrogen-bond acceptors (Lipinski definition) is 4. The molecule has 0 aliphatic rings. The van der Waals surface area contributed by atoms with E-state index < -0.39 is 0 Å². The van der Waals surface area contributed by atoms with Crippen molar-refractivity contribution in [2.75, 3.05) is 0 Å². The zero-order valence-electron chi connectivity index (χ0n) is 12.3. The predicted octanol–water partition coefficient (Wildman–Crippen LogP) is 4.91. The first kappa shape index (κ1) is 13.9. The number of pyridine rings is 1. The molecule has 112 valence electrons. The molecule has 0 bridgehead atoms. The van der Waals surface area contributed by atoms with Gasteiger partial charge in [-0.05, 0) is 37.3 Å². The lowest BCUT2D eigenvalue weighted by Crippen LogP contribution is -1.88. The van der Waals surface area contributed by atoms with E-state index in [0.29, 0.717) is 16.8 Å². The SMILES string of the molecule is Cc1cc(-c2nnc(-c3cccc(Cl)c3)o2)c2ccccc2n1. The van der Waals surface area contributed by atoms with E-state index in [4.69, 9.17) is 16.0 Å². The van der Waals surface area contributed by atoms with Gasteiger partial charge >= 0.3 is 0 Å². The van der Waals surface area contributed by atoms with Crippen LogP contribution < -0.4 is 0 Å². The van der Waals surface area contributed by atoms with Crippen molar-refractivity contribution in [1.29, 1.82) is 0 Å². The molecule has 2 aromatic carbocycles. The maximum Gasteiger partial charge on any atom is 0.248 e. The van der Waals surface area contributed by atoms with Crippen molar-refractivity contribution in [3.05, 3.63) is 65.3 Å². The smallest absolute Gasteiger partial charge is 0.248 e. The zero-order chi connectivity index (χ0) is 15.8. The molecule has 23 heavy (non-hydrogen) atoms. The molecule has 0 atom stereocenters. The molecule has 4 rings (SSSR count). The van der Waals surface area contributed by atoms with Crippen LogP contribution in [0.1, 0.15) is 5.69 Å². The molecule has 0 aliphatic carbocycles. The van der Waals surface area contributed by atoms with Gasteiger partial charge in [-0.2, -0.15) is 0 Å². The van der Waals surface area contributed by atoms with Crippen molar-refractivity contribution in [3.63, 3.8) is 0 Å². The van der Waals surface area contributed by atoms with E-state index in [1.807, 2.05) is 55.5 Å². The summed E-state index contributed by atoms with van der Waals surface area (Å²) in [4.78, 5) is 4.53. The standard InChI is InChI=1S/C18H12ClN3O/c1-11-9-15(14-7-2-3-8-16(14)20-11)18-22-21-17(23-18)12-5-4-6-13(19)10-12/h2-10H,1H3. The van der Waals surface area contributed by atoms with Gasteiger partial charge in [0.1, 0.15) is 0 Å². The molecule has 4 nitrogen and oxygen atoms in total. The quantitative estimate of drug-likeness (QED) is 0.526. The Morgan fingerprint density at radius 1 is 0.913 bits per heavy atom. The largest absolute Gasteiger partial charge is 0.416 e. The Bertz CT molecular complexity index is 1010. The predicted molar refractivity (Wildman–Crippen MR) is 90.2 cm³/mol. The van der Waals surface area contributed by atoms with Gasteiger partial charge in [0.25, 0.3) is 0 Å². The van der Waals surface area contributed by atoms with Crippen LogP contribution in [0.2, 0.25) is 5.02 Å². The van der Waals surface area contributed by atoms with Crippen LogP contribution >= 0.6 is 11.6 Å². The number of aromatic nitrogens is 3. The molecule has 2 heterocycles. The highest BCUT2D eigenvalue weighted by Gasteiger charge is 2.14. The van der Waals surface area contributed by atoms with E-state index in [0.717, 1.165) is 27.7 Å². The molecule has 0 amide bonds. The van der Waals surface area contributed by atoms with Gasteiger partial charge in [-0.3, -0.25) is 4.98 Å². The van der Waals surface area contributed by atoms with Gasteiger partial charge < -0.3 is 4.42 Å². The van der Waals surface area contributed by atoms with E-state index in [1.165, 1.54) is 0 Å². The fourth-order valence-corrected chi connectivity index (χ4v) is 2.75. The summed E-state index contributed by atoms with van der Waals surface area (Å²) in [7, 11) is 0. The topological polar surface area (TPSA) is 51.8 Å². The zero-order valence-corrected chi connectivity index (χ0v) is 13.1. The third-order valence-corrected chi connectivity index (χ3v) is 3.81. The Morgan fingerprint density at radius 2 is 1.74 bits per heavy atom. The highest BCUT2D eigenvalue weighted by atomic mass is 35.5. The van der Waals surface area contributed by atoms with Crippen LogP contribution in [0, 0.1) is 6.92 Å². The monoisotopic (exact) mass is 321 g/mol. The molecule has 0 saturated heterocycles. The second-order valence-corrected chi connectivity index (χ2v) is 5.69.